The number of hydrogen-bond donors (Lipinski definition) is 1. The molecule has 0 saturated heterocycles. The zero-order valence-corrected chi connectivity index (χ0v) is 18.1. The Hall–Kier alpha value is -1.86. The third-order valence-corrected chi connectivity index (χ3v) is 5.99. The lowest BCUT2D eigenvalue weighted by Gasteiger charge is -2.36. The Morgan fingerprint density at radius 3 is 2.52 bits per heavy atom. The van der Waals surface area contributed by atoms with Crippen molar-refractivity contribution < 1.29 is 13.2 Å². The predicted molar refractivity (Wildman–Crippen MR) is 119 cm³/mol. The number of halogens is 3. The highest BCUT2D eigenvalue weighted by molar-refractivity contribution is 7.83. The third-order valence-electron chi connectivity index (χ3n) is 4.57. The van der Waals surface area contributed by atoms with Crippen LogP contribution < -0.4 is 4.90 Å². The maximum absolute atomic E-state index is 13.2. The fourth-order valence-electron chi connectivity index (χ4n) is 3.12. The van der Waals surface area contributed by atoms with E-state index in [1.807, 2.05) is 21.9 Å². The molecule has 0 aromatic heterocycles. The fraction of sp³-hybridized carbons (Fsp3) is 0.238. The largest absolute Gasteiger partial charge is 0.343 e. The Balaban J connectivity index is 2.01. The van der Waals surface area contributed by atoms with Crippen LogP contribution in [0.4, 0.5) is 10.1 Å². The van der Waals surface area contributed by atoms with Gasteiger partial charge in [-0.1, -0.05) is 48.7 Å². The number of allylic oxidation sites excluding steroid dienone is 1. The Morgan fingerprint density at radius 1 is 1.17 bits per heavy atom. The van der Waals surface area contributed by atoms with E-state index in [-0.39, 0.29) is 10.8 Å². The summed E-state index contributed by atoms with van der Waals surface area (Å²) in [7, 11) is 0. The predicted octanol–water partition coefficient (Wildman–Crippen LogP) is 6.12. The molecule has 2 aromatic carbocycles. The molecule has 0 bridgehead atoms. The lowest BCUT2D eigenvalue weighted by molar-refractivity contribution is 0.477. The van der Waals surface area contributed by atoms with Gasteiger partial charge in [0.15, 0.2) is 5.03 Å². The number of hydrogen-bond acceptors (Lipinski definition) is 3. The van der Waals surface area contributed by atoms with Crippen molar-refractivity contribution in [1.29, 1.82) is 0 Å². The molecule has 0 spiro atoms. The van der Waals surface area contributed by atoms with Gasteiger partial charge in [-0.25, -0.2) is 8.60 Å². The van der Waals surface area contributed by atoms with Gasteiger partial charge in [-0.15, -0.1) is 0 Å². The minimum absolute atomic E-state index is 0.244. The lowest BCUT2D eigenvalue weighted by atomic mass is 10.1. The summed E-state index contributed by atoms with van der Waals surface area (Å²) in [4.78, 5) is 3.66. The summed E-state index contributed by atoms with van der Waals surface area (Å²) in [6, 6.07) is 11.3. The number of unbranched alkanes of at least 4 members (excludes halogenated alkanes) is 1. The average molecular weight is 455 g/mol. The van der Waals surface area contributed by atoms with Gasteiger partial charge in [-0.3, -0.25) is 0 Å². The van der Waals surface area contributed by atoms with Crippen molar-refractivity contribution in [3.8, 4) is 0 Å². The summed E-state index contributed by atoms with van der Waals surface area (Å²) in [6.07, 6.45) is 5.40. The SMILES string of the molecule is CCCC=C(c1ccc(Cl)c(Cl)c1)N1CCN(c2ccc(F)cc2)C=C1S(=O)O. The molecule has 4 nitrogen and oxygen atoms in total. The van der Waals surface area contributed by atoms with Crippen LogP contribution in [-0.4, -0.2) is 26.8 Å². The topological polar surface area (TPSA) is 43.8 Å². The molecule has 0 aliphatic carbocycles. The molecule has 3 rings (SSSR count). The lowest BCUT2D eigenvalue weighted by Crippen LogP contribution is -2.38. The molecule has 2 aromatic rings. The first-order valence-corrected chi connectivity index (χ1v) is 11.0. The van der Waals surface area contributed by atoms with E-state index >= 15 is 0 Å². The maximum atomic E-state index is 13.2. The van der Waals surface area contributed by atoms with Gasteiger partial charge < -0.3 is 14.4 Å². The standard InChI is InChI=1S/C21H21Cl2FN2O2S/c1-2-3-4-20(15-5-10-18(22)19(23)13-15)26-12-11-25(14-21(26)29(27)28)17-8-6-16(24)7-9-17/h4-10,13-14H,2-3,11-12H2,1H3,(H,27,28). The number of nitrogens with zero attached hydrogens (tertiary/aromatic N) is 2. The first kappa shape index (κ1) is 21.8. The van der Waals surface area contributed by atoms with Crippen molar-refractivity contribution in [1.82, 2.24) is 4.90 Å². The van der Waals surface area contributed by atoms with E-state index in [1.165, 1.54) is 12.1 Å². The van der Waals surface area contributed by atoms with Crippen LogP contribution in [0.25, 0.3) is 5.70 Å². The van der Waals surface area contributed by atoms with E-state index in [0.717, 1.165) is 29.8 Å². The molecule has 8 heteroatoms. The van der Waals surface area contributed by atoms with Crippen molar-refractivity contribution in [2.45, 2.75) is 19.8 Å². The van der Waals surface area contributed by atoms with E-state index in [4.69, 9.17) is 23.2 Å². The van der Waals surface area contributed by atoms with Crippen LogP contribution in [0.5, 0.6) is 0 Å². The smallest absolute Gasteiger partial charge is 0.205 e. The van der Waals surface area contributed by atoms with Crippen molar-refractivity contribution in [3.63, 3.8) is 0 Å². The molecule has 1 aliphatic heterocycles. The summed E-state index contributed by atoms with van der Waals surface area (Å²) >= 11 is 10.0. The molecule has 154 valence electrons. The van der Waals surface area contributed by atoms with Crippen LogP contribution in [0, 0.1) is 5.82 Å². The zero-order chi connectivity index (χ0) is 21.0. The third kappa shape index (κ3) is 5.20. The molecule has 1 unspecified atom stereocenters. The molecule has 0 amide bonds. The molecule has 0 radical (unpaired) electrons. The van der Waals surface area contributed by atoms with E-state index in [2.05, 4.69) is 6.92 Å². The summed E-state index contributed by atoms with van der Waals surface area (Å²) in [5, 5.41) is 1.12. The highest BCUT2D eigenvalue weighted by atomic mass is 35.5. The summed E-state index contributed by atoms with van der Waals surface area (Å²) < 4.78 is 35.4. The highest BCUT2D eigenvalue weighted by Crippen LogP contribution is 2.33. The molecule has 1 heterocycles. The quantitative estimate of drug-likeness (QED) is 0.534. The minimum Gasteiger partial charge on any atom is -0.343 e. The van der Waals surface area contributed by atoms with Crippen molar-refractivity contribution in [3.05, 3.63) is 81.2 Å². The van der Waals surface area contributed by atoms with Gasteiger partial charge in [0.25, 0.3) is 0 Å². The van der Waals surface area contributed by atoms with Crippen LogP contribution in [0.3, 0.4) is 0 Å². The summed E-state index contributed by atoms with van der Waals surface area (Å²) in [5.41, 5.74) is 2.37. The molecule has 0 fully saturated rings. The molecule has 1 atom stereocenters. The van der Waals surface area contributed by atoms with E-state index < -0.39 is 11.1 Å². The van der Waals surface area contributed by atoms with Gasteiger partial charge >= 0.3 is 0 Å². The Morgan fingerprint density at radius 2 is 1.90 bits per heavy atom. The molecular formula is C21H21Cl2FN2O2S. The van der Waals surface area contributed by atoms with E-state index in [9.17, 15) is 13.2 Å². The first-order valence-electron chi connectivity index (χ1n) is 9.18. The van der Waals surface area contributed by atoms with Gasteiger partial charge in [-0.05, 0) is 48.4 Å². The minimum atomic E-state index is -2.22. The summed E-state index contributed by atoms with van der Waals surface area (Å²) in [6.45, 7) is 3.11. The second-order valence-electron chi connectivity index (χ2n) is 6.54. The number of anilines is 1. The van der Waals surface area contributed by atoms with Crippen LogP contribution in [-0.2, 0) is 11.1 Å². The summed E-state index contributed by atoms with van der Waals surface area (Å²) in [5.74, 6) is -0.327. The van der Waals surface area contributed by atoms with Crippen molar-refractivity contribution >= 4 is 45.7 Å². The van der Waals surface area contributed by atoms with Gasteiger partial charge in [0.2, 0.25) is 11.1 Å². The second-order valence-corrected chi connectivity index (χ2v) is 8.28. The first-order chi connectivity index (χ1) is 13.9. The van der Waals surface area contributed by atoms with Crippen LogP contribution in [0.15, 0.2) is 59.8 Å². The van der Waals surface area contributed by atoms with E-state index in [1.54, 1.807) is 30.5 Å². The monoisotopic (exact) mass is 454 g/mol. The van der Waals surface area contributed by atoms with Crippen LogP contribution in [0.1, 0.15) is 25.3 Å². The number of benzene rings is 2. The van der Waals surface area contributed by atoms with E-state index in [0.29, 0.717) is 23.1 Å². The van der Waals surface area contributed by atoms with Crippen LogP contribution in [0.2, 0.25) is 10.0 Å². The van der Waals surface area contributed by atoms with Crippen LogP contribution >= 0.6 is 23.2 Å². The second kappa shape index (κ2) is 9.76. The normalized spacial score (nSPS) is 16.0. The average Bonchev–Trinajstić information content (AvgIpc) is 2.71. The molecule has 1 aliphatic rings. The van der Waals surface area contributed by atoms with Gasteiger partial charge in [0, 0.05) is 30.7 Å². The number of rotatable bonds is 6. The maximum Gasteiger partial charge on any atom is 0.205 e. The van der Waals surface area contributed by atoms with Gasteiger partial charge in [0.05, 0.1) is 10.0 Å². The highest BCUT2D eigenvalue weighted by Gasteiger charge is 2.26. The zero-order valence-electron chi connectivity index (χ0n) is 15.8. The van der Waals surface area contributed by atoms with Crippen molar-refractivity contribution in [2.24, 2.45) is 0 Å². The fourth-order valence-corrected chi connectivity index (χ4v) is 4.01. The molecule has 0 saturated carbocycles. The van der Waals surface area contributed by atoms with Gasteiger partial charge in [-0.2, -0.15) is 0 Å². The Bertz CT molecular complexity index is 964. The molecule has 29 heavy (non-hydrogen) atoms. The Labute approximate surface area is 182 Å². The van der Waals surface area contributed by atoms with Gasteiger partial charge in [0.1, 0.15) is 5.82 Å². The Kier molecular flexibility index (Phi) is 7.35. The van der Waals surface area contributed by atoms with Crippen molar-refractivity contribution in [2.75, 3.05) is 18.0 Å². The molecule has 1 N–H and O–H groups in total. The molecular weight excluding hydrogens is 434 g/mol.